The molecule has 112 valence electrons. The molecule has 0 fully saturated rings. The minimum atomic E-state index is -5.25. The van der Waals surface area contributed by atoms with Crippen molar-refractivity contribution in [3.63, 3.8) is 0 Å². The molecule has 0 aliphatic heterocycles. The Balaban J connectivity index is -0.0000000206. The molecule has 0 amide bonds. The molecule has 6 N–H and O–H groups in total. The number of hydrogen-bond donors (Lipinski definition) is 6. The van der Waals surface area contributed by atoms with Gasteiger partial charge in [0.05, 0.1) is 0 Å². The first-order chi connectivity index (χ1) is 6.00. The molecule has 0 atom stereocenters. The molecule has 0 aliphatic carbocycles. The second kappa shape index (κ2) is 19.3. The Morgan fingerprint density at radius 2 is 0.474 bits per heavy atom. The van der Waals surface area contributed by atoms with Gasteiger partial charge in [0.25, 0.3) is 0 Å². The van der Waals surface area contributed by atoms with Crippen LogP contribution in [-0.2, 0) is 63.7 Å². The van der Waals surface area contributed by atoms with E-state index in [0.717, 1.165) is 0 Å². The summed E-state index contributed by atoms with van der Waals surface area (Å²) in [4.78, 5) is 0. The molecule has 19 heteroatoms. The zero-order valence-corrected chi connectivity index (χ0v) is 16.4. The fourth-order valence-electron chi connectivity index (χ4n) is 0. The fraction of sp³-hybridized carbons (Fsp3) is 0. The SMILES string of the molecule is [LiH].[MgH2].[MgH2].[O]=[Cr](=[O])([OH])[OH].[O]=[Cr](=[O])([OH])[OH].[O]=[Cr](=[O])([OH])[OH].[PbH2]. The Kier molecular flexibility index (Phi) is 43.8. The summed E-state index contributed by atoms with van der Waals surface area (Å²) in [5.74, 6) is 0. The quantitative estimate of drug-likeness (QED) is 0.139. The summed E-state index contributed by atoms with van der Waals surface area (Å²) in [6.07, 6.45) is 0. The molecule has 0 aromatic rings. The van der Waals surface area contributed by atoms with Crippen LogP contribution in [0.3, 0.4) is 0 Å². The fourth-order valence-corrected chi connectivity index (χ4v) is 0. The Labute approximate surface area is 178 Å². The first-order valence-corrected chi connectivity index (χ1v) is 8.64. The van der Waals surface area contributed by atoms with Crippen LogP contribution >= 0.6 is 0 Å². The molecule has 0 unspecified atom stereocenters. The van der Waals surface area contributed by atoms with Gasteiger partial charge in [-0.1, -0.05) is 0 Å². The molecule has 0 aromatic heterocycles. The van der Waals surface area contributed by atoms with Crippen molar-refractivity contribution in [1.82, 2.24) is 0 Å². The molecule has 0 saturated carbocycles. The summed E-state index contributed by atoms with van der Waals surface area (Å²) in [6.45, 7) is 0. The van der Waals surface area contributed by atoms with Gasteiger partial charge in [-0.3, -0.25) is 0 Å². The van der Waals surface area contributed by atoms with E-state index in [1.54, 1.807) is 0 Å². The van der Waals surface area contributed by atoms with Crippen LogP contribution in [-0.4, -0.2) is 117 Å². The van der Waals surface area contributed by atoms with Crippen molar-refractivity contribution in [1.29, 1.82) is 0 Å². The Morgan fingerprint density at radius 1 is 0.474 bits per heavy atom. The van der Waals surface area contributed by atoms with E-state index in [1.165, 1.54) is 0 Å². The van der Waals surface area contributed by atoms with E-state index >= 15 is 0 Å². The molecule has 0 aliphatic rings. The standard InChI is InChI=1S/3Cr.Li.2Mg.6H2O.6O.Pb.7H/h;;;;;;6*1H2;;;;;;;;;;;;;;/q3*+2;;;;;;;;;;;;;;;;;;;;;;;/p-6. The Bertz CT molecular complexity index is 352. The van der Waals surface area contributed by atoms with E-state index in [-0.39, 0.29) is 92.3 Å². The average molecular weight is 624 g/mol. The summed E-state index contributed by atoms with van der Waals surface area (Å²) in [5, 5.41) is 0. The van der Waals surface area contributed by atoms with Crippen LogP contribution in [0.15, 0.2) is 0 Å². The summed E-state index contributed by atoms with van der Waals surface area (Å²) >= 11 is -15.8. The molecule has 0 spiro atoms. The van der Waals surface area contributed by atoms with Crippen molar-refractivity contribution in [2.75, 3.05) is 0 Å². The van der Waals surface area contributed by atoms with Crippen LogP contribution in [0, 0.1) is 0 Å². The van der Waals surface area contributed by atoms with Crippen molar-refractivity contribution >= 4 is 92.3 Å². The Hall–Kier alpha value is 3.21. The second-order valence-electron chi connectivity index (χ2n) is 1.34. The van der Waals surface area contributed by atoms with E-state index in [9.17, 15) is 0 Å². The predicted octanol–water partition coefficient (Wildman–Crippen LogP) is -7.46. The van der Waals surface area contributed by atoms with Gasteiger partial charge in [-0.05, 0) is 0 Å². The molecule has 0 saturated heterocycles. The van der Waals surface area contributed by atoms with E-state index < -0.39 is 40.8 Å². The molecule has 0 heterocycles. The normalized spacial score (nSPS) is 9.16. The van der Waals surface area contributed by atoms with E-state index in [1.807, 2.05) is 0 Å². The molecule has 0 rings (SSSR count). The Morgan fingerprint density at radius 3 is 0.474 bits per heavy atom. The third-order valence-electron chi connectivity index (χ3n) is 0. The van der Waals surface area contributed by atoms with Gasteiger partial charge in [0.2, 0.25) is 0 Å². The first-order valence-electron chi connectivity index (χ1n) is 2.10. The molecule has 0 aromatic carbocycles. The predicted molar refractivity (Wildman–Crippen MR) is 50.2 cm³/mol. The first kappa shape index (κ1) is 43.2. The van der Waals surface area contributed by atoms with Crippen LogP contribution < -0.4 is 0 Å². The van der Waals surface area contributed by atoms with Crippen molar-refractivity contribution in [3.8, 4) is 0 Å². The van der Waals surface area contributed by atoms with E-state index in [4.69, 9.17) is 47.8 Å². The van der Waals surface area contributed by atoms with Gasteiger partial charge in [0, 0.05) is 0 Å². The number of rotatable bonds is 0. The summed E-state index contributed by atoms with van der Waals surface area (Å²) in [5.41, 5.74) is 0. The second-order valence-corrected chi connectivity index (χ2v) is 5.54. The summed E-state index contributed by atoms with van der Waals surface area (Å²) < 4.78 is 95.6. The third-order valence-corrected chi connectivity index (χ3v) is 0. The maximum atomic E-state index is 8.82. The van der Waals surface area contributed by atoms with Crippen LogP contribution in [0.1, 0.15) is 0 Å². The zero-order valence-electron chi connectivity index (χ0n) is 7.06. The molecule has 2 radical (unpaired) electrons. The van der Waals surface area contributed by atoms with Crippen molar-refractivity contribution < 1.29 is 88.6 Å². The van der Waals surface area contributed by atoms with Gasteiger partial charge >= 0.3 is 181 Å². The van der Waals surface area contributed by atoms with Crippen LogP contribution in [0.25, 0.3) is 0 Å². The van der Waals surface area contributed by atoms with Gasteiger partial charge in [0.15, 0.2) is 0 Å². The third kappa shape index (κ3) is 760. The van der Waals surface area contributed by atoms with Gasteiger partial charge in [-0.15, -0.1) is 0 Å². The summed E-state index contributed by atoms with van der Waals surface area (Å²) in [6, 6.07) is 0. The summed E-state index contributed by atoms with van der Waals surface area (Å²) in [7, 11) is 0. The van der Waals surface area contributed by atoms with Gasteiger partial charge < -0.3 is 0 Å². The van der Waals surface area contributed by atoms with Gasteiger partial charge in [0.1, 0.15) is 0 Å². The average Bonchev–Trinajstić information content (AvgIpc) is 1.41. The maximum absolute atomic E-state index is 8.82. The van der Waals surface area contributed by atoms with Crippen LogP contribution in [0.4, 0.5) is 0 Å². The molecule has 12 nitrogen and oxygen atoms in total. The van der Waals surface area contributed by atoms with Gasteiger partial charge in [-0.25, -0.2) is 0 Å². The topological polar surface area (TPSA) is 224 Å². The van der Waals surface area contributed by atoms with E-state index in [2.05, 4.69) is 0 Å². The molecular weight excluding hydrogens is 611 g/mol. The number of hydrogen-bond acceptors (Lipinski definition) is 6. The van der Waals surface area contributed by atoms with Crippen LogP contribution in [0.5, 0.6) is 0 Å². The van der Waals surface area contributed by atoms with Gasteiger partial charge in [-0.2, -0.15) is 0 Å². The van der Waals surface area contributed by atoms with Crippen molar-refractivity contribution in [2.45, 2.75) is 0 Å². The molecule has 19 heavy (non-hydrogen) atoms. The van der Waals surface area contributed by atoms with Crippen molar-refractivity contribution in [3.05, 3.63) is 0 Å². The van der Waals surface area contributed by atoms with E-state index in [0.29, 0.717) is 0 Å². The van der Waals surface area contributed by atoms with Crippen molar-refractivity contribution in [2.24, 2.45) is 0 Å². The molecule has 0 bridgehead atoms. The monoisotopic (exact) mass is 624 g/mol. The van der Waals surface area contributed by atoms with Crippen LogP contribution in [0.2, 0.25) is 0 Å². The molecular formula is H13Cr3LiMg2O12Pb. The zero-order chi connectivity index (χ0) is 13.5. The minimum absolute atomic E-state index is 0.